The van der Waals surface area contributed by atoms with Gasteiger partial charge in [0.05, 0.1) is 6.10 Å². The summed E-state index contributed by atoms with van der Waals surface area (Å²) in [5.74, 6) is -0.0887. The molecule has 3 nitrogen and oxygen atoms in total. The highest BCUT2D eigenvalue weighted by Crippen LogP contribution is 2.23. The van der Waals surface area contributed by atoms with Crippen molar-refractivity contribution in [2.75, 3.05) is 6.54 Å². The Labute approximate surface area is 123 Å². The second-order valence-electron chi connectivity index (χ2n) is 4.65. The van der Waals surface area contributed by atoms with E-state index in [0.717, 1.165) is 12.8 Å². The lowest BCUT2D eigenvalue weighted by Gasteiger charge is -2.15. The summed E-state index contributed by atoms with van der Waals surface area (Å²) in [7, 11) is 0. The number of hydrogen-bond acceptors (Lipinski definition) is 2. The summed E-state index contributed by atoms with van der Waals surface area (Å²) in [4.78, 5) is 11.7. The molecule has 2 atom stereocenters. The maximum Gasteiger partial charge on any atom is 0.222 e. The number of benzene rings is 1. The standard InChI is InChI=1S/C14H19Cl2NO2/c1-3-4-9(2)14(19)17-8-13(18)10-5-11(15)7-12(16)6-10/h5-7,9,13,18H,3-4,8H2,1-2H3,(H,17,19). The largest absolute Gasteiger partial charge is 0.387 e. The molecule has 1 aromatic rings. The van der Waals surface area contributed by atoms with Gasteiger partial charge in [-0.1, -0.05) is 43.5 Å². The van der Waals surface area contributed by atoms with Gasteiger partial charge in [-0.25, -0.2) is 0 Å². The van der Waals surface area contributed by atoms with Crippen LogP contribution < -0.4 is 5.32 Å². The Morgan fingerprint density at radius 1 is 1.32 bits per heavy atom. The second-order valence-corrected chi connectivity index (χ2v) is 5.53. The molecule has 0 heterocycles. The molecule has 106 valence electrons. The summed E-state index contributed by atoms with van der Waals surface area (Å²) in [6.45, 7) is 4.07. The van der Waals surface area contributed by atoms with Gasteiger partial charge in [-0.3, -0.25) is 4.79 Å². The average molecular weight is 304 g/mol. The van der Waals surface area contributed by atoms with Crippen LogP contribution in [-0.2, 0) is 4.79 Å². The number of hydrogen-bond donors (Lipinski definition) is 2. The summed E-state index contributed by atoms with van der Waals surface area (Å²) < 4.78 is 0. The van der Waals surface area contributed by atoms with Crippen molar-refractivity contribution in [2.45, 2.75) is 32.8 Å². The average Bonchev–Trinajstić information content (AvgIpc) is 2.34. The van der Waals surface area contributed by atoms with E-state index in [1.54, 1.807) is 18.2 Å². The van der Waals surface area contributed by atoms with E-state index < -0.39 is 6.10 Å². The SMILES string of the molecule is CCCC(C)C(=O)NCC(O)c1cc(Cl)cc(Cl)c1. The summed E-state index contributed by atoms with van der Waals surface area (Å²) in [6.07, 6.45) is 0.986. The minimum absolute atomic E-state index is 0.0415. The van der Waals surface area contributed by atoms with Gasteiger partial charge in [-0.15, -0.1) is 0 Å². The van der Waals surface area contributed by atoms with Crippen LogP contribution in [0.3, 0.4) is 0 Å². The van der Waals surface area contributed by atoms with Crippen molar-refractivity contribution >= 4 is 29.1 Å². The van der Waals surface area contributed by atoms with Crippen molar-refractivity contribution in [1.29, 1.82) is 0 Å². The zero-order valence-electron chi connectivity index (χ0n) is 11.1. The summed E-state index contributed by atoms with van der Waals surface area (Å²) in [5.41, 5.74) is 0.598. The number of amides is 1. The number of halogens is 2. The molecule has 0 saturated heterocycles. The Balaban J connectivity index is 2.55. The molecule has 2 unspecified atom stereocenters. The molecule has 5 heteroatoms. The molecular formula is C14H19Cl2NO2. The summed E-state index contributed by atoms with van der Waals surface area (Å²) in [6, 6.07) is 4.88. The van der Waals surface area contributed by atoms with Gasteiger partial charge >= 0.3 is 0 Å². The van der Waals surface area contributed by atoms with Gasteiger partial charge in [-0.2, -0.15) is 0 Å². The zero-order valence-corrected chi connectivity index (χ0v) is 12.6. The summed E-state index contributed by atoms with van der Waals surface area (Å²) >= 11 is 11.7. The molecular weight excluding hydrogens is 285 g/mol. The van der Waals surface area contributed by atoms with Crippen molar-refractivity contribution in [1.82, 2.24) is 5.32 Å². The van der Waals surface area contributed by atoms with Crippen LogP contribution in [0.4, 0.5) is 0 Å². The van der Waals surface area contributed by atoms with E-state index in [1.807, 2.05) is 13.8 Å². The quantitative estimate of drug-likeness (QED) is 0.844. The Kier molecular flexibility index (Phi) is 6.63. The predicted molar refractivity (Wildman–Crippen MR) is 78.5 cm³/mol. The Morgan fingerprint density at radius 2 is 1.89 bits per heavy atom. The van der Waals surface area contributed by atoms with Crippen LogP contribution in [0.2, 0.25) is 10.0 Å². The topological polar surface area (TPSA) is 49.3 Å². The van der Waals surface area contributed by atoms with E-state index in [4.69, 9.17) is 23.2 Å². The lowest BCUT2D eigenvalue weighted by molar-refractivity contribution is -0.125. The van der Waals surface area contributed by atoms with Crippen molar-refractivity contribution < 1.29 is 9.90 Å². The smallest absolute Gasteiger partial charge is 0.222 e. The Bertz CT molecular complexity index is 417. The van der Waals surface area contributed by atoms with E-state index >= 15 is 0 Å². The van der Waals surface area contributed by atoms with E-state index in [0.29, 0.717) is 15.6 Å². The maximum absolute atomic E-state index is 11.7. The molecule has 1 amide bonds. The first kappa shape index (κ1) is 16.3. The fourth-order valence-electron chi connectivity index (χ4n) is 1.82. The van der Waals surface area contributed by atoms with Crippen LogP contribution in [-0.4, -0.2) is 17.6 Å². The minimum Gasteiger partial charge on any atom is -0.387 e. The molecule has 0 saturated carbocycles. The third-order valence-electron chi connectivity index (χ3n) is 2.91. The number of rotatable bonds is 6. The van der Waals surface area contributed by atoms with Gasteiger partial charge in [-0.05, 0) is 30.2 Å². The summed E-state index contributed by atoms with van der Waals surface area (Å²) in [5, 5.41) is 13.7. The van der Waals surface area contributed by atoms with E-state index in [-0.39, 0.29) is 18.4 Å². The van der Waals surface area contributed by atoms with E-state index in [9.17, 15) is 9.90 Å². The van der Waals surface area contributed by atoms with Gasteiger partial charge < -0.3 is 10.4 Å². The molecule has 0 aliphatic carbocycles. The number of carbonyl (C=O) groups excluding carboxylic acids is 1. The fraction of sp³-hybridized carbons (Fsp3) is 0.500. The highest BCUT2D eigenvalue weighted by Gasteiger charge is 2.14. The van der Waals surface area contributed by atoms with Crippen LogP contribution in [0.1, 0.15) is 38.4 Å². The molecule has 1 aromatic carbocycles. The van der Waals surface area contributed by atoms with Crippen LogP contribution in [0, 0.1) is 5.92 Å². The second kappa shape index (κ2) is 7.73. The molecule has 0 fully saturated rings. The van der Waals surface area contributed by atoms with Gasteiger partial charge in [0, 0.05) is 22.5 Å². The van der Waals surface area contributed by atoms with E-state index in [2.05, 4.69) is 5.32 Å². The molecule has 1 rings (SSSR count). The van der Waals surface area contributed by atoms with Gasteiger partial charge in [0.25, 0.3) is 0 Å². The molecule has 0 aliphatic rings. The molecule has 0 bridgehead atoms. The molecule has 19 heavy (non-hydrogen) atoms. The van der Waals surface area contributed by atoms with Crippen LogP contribution in [0.5, 0.6) is 0 Å². The van der Waals surface area contributed by atoms with Crippen molar-refractivity contribution in [3.05, 3.63) is 33.8 Å². The number of carbonyl (C=O) groups is 1. The van der Waals surface area contributed by atoms with Crippen molar-refractivity contribution in [3.8, 4) is 0 Å². The Hall–Kier alpha value is -0.770. The molecule has 0 spiro atoms. The number of aliphatic hydroxyl groups excluding tert-OH is 1. The van der Waals surface area contributed by atoms with Gasteiger partial charge in [0.15, 0.2) is 0 Å². The monoisotopic (exact) mass is 303 g/mol. The Morgan fingerprint density at radius 3 is 2.42 bits per heavy atom. The normalized spacial score (nSPS) is 13.9. The molecule has 0 aromatic heterocycles. The predicted octanol–water partition coefficient (Wildman–Crippen LogP) is 3.58. The van der Waals surface area contributed by atoms with Crippen LogP contribution in [0.25, 0.3) is 0 Å². The first-order chi connectivity index (χ1) is 8.93. The maximum atomic E-state index is 11.7. The van der Waals surface area contributed by atoms with Crippen molar-refractivity contribution in [2.24, 2.45) is 5.92 Å². The van der Waals surface area contributed by atoms with Gasteiger partial charge in [0.1, 0.15) is 0 Å². The van der Waals surface area contributed by atoms with E-state index in [1.165, 1.54) is 0 Å². The number of nitrogens with one attached hydrogen (secondary N) is 1. The van der Waals surface area contributed by atoms with Crippen molar-refractivity contribution in [3.63, 3.8) is 0 Å². The molecule has 0 radical (unpaired) electrons. The van der Waals surface area contributed by atoms with Crippen LogP contribution in [0.15, 0.2) is 18.2 Å². The lowest BCUT2D eigenvalue weighted by Crippen LogP contribution is -2.32. The fourth-order valence-corrected chi connectivity index (χ4v) is 2.36. The lowest BCUT2D eigenvalue weighted by atomic mass is 10.0. The van der Waals surface area contributed by atoms with Gasteiger partial charge in [0.2, 0.25) is 5.91 Å². The van der Waals surface area contributed by atoms with Crippen LogP contribution >= 0.6 is 23.2 Å². The third-order valence-corrected chi connectivity index (χ3v) is 3.35. The zero-order chi connectivity index (χ0) is 14.4. The highest BCUT2D eigenvalue weighted by atomic mass is 35.5. The number of aliphatic hydroxyl groups is 1. The highest BCUT2D eigenvalue weighted by molar-refractivity contribution is 6.34. The molecule has 2 N–H and O–H groups in total. The molecule has 0 aliphatic heterocycles. The minimum atomic E-state index is -0.811. The first-order valence-corrected chi connectivity index (χ1v) is 7.11. The third kappa shape index (κ3) is 5.39. The first-order valence-electron chi connectivity index (χ1n) is 6.35.